The van der Waals surface area contributed by atoms with E-state index in [4.69, 9.17) is 9.47 Å². The van der Waals surface area contributed by atoms with E-state index < -0.39 is 0 Å². The number of quaternary nitrogens is 1. The van der Waals surface area contributed by atoms with Gasteiger partial charge in [0.05, 0.1) is 31.3 Å². The van der Waals surface area contributed by atoms with E-state index in [9.17, 15) is 0 Å². The molecule has 0 amide bonds. The molecule has 2 aliphatic rings. The van der Waals surface area contributed by atoms with E-state index in [1.165, 1.54) is 50.6 Å². The zero-order valence-electron chi connectivity index (χ0n) is 13.7. The molecule has 1 aliphatic heterocycles. The maximum atomic E-state index is 5.61. The van der Waals surface area contributed by atoms with Gasteiger partial charge in [0.2, 0.25) is 0 Å². The summed E-state index contributed by atoms with van der Waals surface area (Å²) in [7, 11) is 3.45. The van der Waals surface area contributed by atoms with Gasteiger partial charge in [-0.3, -0.25) is 0 Å². The van der Waals surface area contributed by atoms with Crippen LogP contribution in [0.3, 0.4) is 0 Å². The number of hydrogen-bond acceptors (Lipinski definition) is 2. The normalized spacial score (nSPS) is 28.0. The van der Waals surface area contributed by atoms with Crippen LogP contribution in [0.4, 0.5) is 0 Å². The lowest BCUT2D eigenvalue weighted by Crippen LogP contribution is -3.16. The van der Waals surface area contributed by atoms with Crippen LogP contribution in [-0.2, 0) is 6.54 Å². The van der Waals surface area contributed by atoms with E-state index in [1.54, 1.807) is 19.1 Å². The minimum atomic E-state index is 0.838. The molecule has 0 radical (unpaired) electrons. The standard InChI is InChI=1S/C18H26BrNO2/c1-21-17-11-18(22-2)15(19)10-14(17)12-20-9-5-7-13-6-3-4-8-16(13)20/h10-11,13,16H,3-9,12H2,1-2H3/p+1/t13-,16-/m0/s1. The molecule has 2 fully saturated rings. The molecule has 0 aromatic heterocycles. The first-order chi connectivity index (χ1) is 10.7. The average Bonchev–Trinajstić information content (AvgIpc) is 2.55. The maximum Gasteiger partial charge on any atom is 0.136 e. The molecule has 1 saturated carbocycles. The summed E-state index contributed by atoms with van der Waals surface area (Å²) >= 11 is 3.61. The largest absolute Gasteiger partial charge is 0.496 e. The van der Waals surface area contributed by atoms with Gasteiger partial charge in [0, 0.05) is 17.5 Å². The third kappa shape index (κ3) is 3.28. The lowest BCUT2D eigenvalue weighted by Gasteiger charge is -2.41. The van der Waals surface area contributed by atoms with Gasteiger partial charge in [-0.1, -0.05) is 6.42 Å². The van der Waals surface area contributed by atoms with Crippen molar-refractivity contribution in [1.29, 1.82) is 0 Å². The minimum Gasteiger partial charge on any atom is -0.496 e. The molecule has 3 atom stereocenters. The highest BCUT2D eigenvalue weighted by atomic mass is 79.9. The lowest BCUT2D eigenvalue weighted by atomic mass is 9.78. The Morgan fingerprint density at radius 3 is 2.55 bits per heavy atom. The quantitative estimate of drug-likeness (QED) is 0.881. The van der Waals surface area contributed by atoms with Crippen molar-refractivity contribution in [3.63, 3.8) is 0 Å². The number of nitrogens with one attached hydrogen (secondary N) is 1. The molecule has 4 heteroatoms. The topological polar surface area (TPSA) is 22.9 Å². The van der Waals surface area contributed by atoms with E-state index in [-0.39, 0.29) is 0 Å². The van der Waals surface area contributed by atoms with Gasteiger partial charge in [0.15, 0.2) is 0 Å². The molecule has 0 bridgehead atoms. The van der Waals surface area contributed by atoms with Crippen molar-refractivity contribution < 1.29 is 14.4 Å². The Kier molecular flexibility index (Phi) is 5.29. The van der Waals surface area contributed by atoms with Gasteiger partial charge in [0.25, 0.3) is 0 Å². The van der Waals surface area contributed by atoms with Crippen LogP contribution in [0.5, 0.6) is 11.5 Å². The fourth-order valence-corrected chi connectivity index (χ4v) is 4.94. The molecule has 1 aliphatic carbocycles. The van der Waals surface area contributed by atoms with Gasteiger partial charge >= 0.3 is 0 Å². The van der Waals surface area contributed by atoms with Crippen molar-refractivity contribution in [3.8, 4) is 11.5 Å². The third-order valence-corrected chi connectivity index (χ3v) is 6.10. The van der Waals surface area contributed by atoms with Crippen LogP contribution >= 0.6 is 15.9 Å². The number of fused-ring (bicyclic) bond motifs is 1. The van der Waals surface area contributed by atoms with Crippen LogP contribution in [0.2, 0.25) is 0 Å². The van der Waals surface area contributed by atoms with E-state index in [0.29, 0.717) is 0 Å². The van der Waals surface area contributed by atoms with Crippen LogP contribution < -0.4 is 14.4 Å². The van der Waals surface area contributed by atoms with E-state index in [1.807, 2.05) is 6.07 Å². The van der Waals surface area contributed by atoms with Crippen LogP contribution in [0, 0.1) is 5.92 Å². The molecule has 22 heavy (non-hydrogen) atoms. The van der Waals surface area contributed by atoms with Crippen LogP contribution in [0.1, 0.15) is 44.1 Å². The first kappa shape index (κ1) is 16.1. The highest BCUT2D eigenvalue weighted by Crippen LogP contribution is 2.33. The summed E-state index contributed by atoms with van der Waals surface area (Å²) in [5, 5.41) is 0. The fraction of sp³-hybridized carbons (Fsp3) is 0.667. The first-order valence-corrected chi connectivity index (χ1v) is 9.27. The third-order valence-electron chi connectivity index (χ3n) is 5.48. The number of benzene rings is 1. The van der Waals surface area contributed by atoms with Gasteiger partial charge in [-0.2, -0.15) is 0 Å². The SMILES string of the molecule is COc1cc(OC)c(C[NH+]2CCC[C@@H]3CCCC[C@@H]32)cc1Br. The highest BCUT2D eigenvalue weighted by Gasteiger charge is 2.36. The van der Waals surface area contributed by atoms with Crippen molar-refractivity contribution in [2.75, 3.05) is 20.8 Å². The van der Waals surface area contributed by atoms with Gasteiger partial charge < -0.3 is 14.4 Å². The first-order valence-electron chi connectivity index (χ1n) is 8.48. The second-order valence-corrected chi connectivity index (χ2v) is 7.53. The van der Waals surface area contributed by atoms with Gasteiger partial charge in [0.1, 0.15) is 18.0 Å². The molecule has 1 N–H and O–H groups in total. The van der Waals surface area contributed by atoms with Crippen molar-refractivity contribution in [2.24, 2.45) is 5.92 Å². The van der Waals surface area contributed by atoms with Crippen molar-refractivity contribution >= 4 is 15.9 Å². The average molecular weight is 369 g/mol. The predicted octanol–water partition coefficient (Wildman–Crippen LogP) is 3.20. The molecule has 122 valence electrons. The summed E-state index contributed by atoms with van der Waals surface area (Å²) in [5.41, 5.74) is 1.29. The molecule has 3 nitrogen and oxygen atoms in total. The molecule has 1 saturated heterocycles. The van der Waals surface area contributed by atoms with E-state index >= 15 is 0 Å². The summed E-state index contributed by atoms with van der Waals surface area (Å²) in [6, 6.07) is 5.03. The number of halogens is 1. The Morgan fingerprint density at radius 1 is 1.05 bits per heavy atom. The van der Waals surface area contributed by atoms with Gasteiger partial charge in [-0.15, -0.1) is 0 Å². The number of piperidine rings is 1. The summed E-state index contributed by atoms with van der Waals surface area (Å²) in [5.74, 6) is 2.74. The Labute approximate surface area is 142 Å². The van der Waals surface area contributed by atoms with Crippen molar-refractivity contribution in [2.45, 2.75) is 51.1 Å². The number of ether oxygens (including phenoxy) is 2. The van der Waals surface area contributed by atoms with Gasteiger partial charge in [-0.25, -0.2) is 0 Å². The summed E-state index contributed by atoms with van der Waals surface area (Å²) < 4.78 is 12.0. The molecule has 1 aromatic carbocycles. The second kappa shape index (κ2) is 7.22. The molecule has 1 heterocycles. The summed E-state index contributed by atoms with van der Waals surface area (Å²) in [6.07, 6.45) is 8.50. The number of rotatable bonds is 4. The predicted molar refractivity (Wildman–Crippen MR) is 91.8 cm³/mol. The van der Waals surface area contributed by atoms with E-state index in [0.717, 1.165) is 34.5 Å². The van der Waals surface area contributed by atoms with Crippen LogP contribution in [-0.4, -0.2) is 26.8 Å². The molecule has 1 aromatic rings. The molecule has 0 spiro atoms. The number of methoxy groups -OCH3 is 2. The van der Waals surface area contributed by atoms with Crippen molar-refractivity contribution in [1.82, 2.24) is 0 Å². The number of likely N-dealkylation sites (tertiary alicyclic amines) is 1. The molecule has 1 unspecified atom stereocenters. The van der Waals surface area contributed by atoms with Crippen molar-refractivity contribution in [3.05, 3.63) is 22.2 Å². The minimum absolute atomic E-state index is 0.838. The Balaban J connectivity index is 1.80. The molecular weight excluding hydrogens is 342 g/mol. The summed E-state index contributed by atoms with van der Waals surface area (Å²) in [6.45, 7) is 2.36. The zero-order valence-corrected chi connectivity index (χ0v) is 15.2. The van der Waals surface area contributed by atoms with E-state index in [2.05, 4.69) is 22.0 Å². The molecular formula is C18H27BrNO2+. The Morgan fingerprint density at radius 2 is 1.77 bits per heavy atom. The maximum absolute atomic E-state index is 5.61. The van der Waals surface area contributed by atoms with Crippen LogP contribution in [0.15, 0.2) is 16.6 Å². The van der Waals surface area contributed by atoms with Gasteiger partial charge in [-0.05, 0) is 54.1 Å². The smallest absolute Gasteiger partial charge is 0.136 e. The zero-order chi connectivity index (χ0) is 15.5. The van der Waals surface area contributed by atoms with Crippen LogP contribution in [0.25, 0.3) is 0 Å². The Hall–Kier alpha value is -0.740. The number of hydrogen-bond donors (Lipinski definition) is 1. The second-order valence-electron chi connectivity index (χ2n) is 6.68. The lowest BCUT2D eigenvalue weighted by molar-refractivity contribution is -0.949. The highest BCUT2D eigenvalue weighted by molar-refractivity contribution is 9.10. The monoisotopic (exact) mass is 368 g/mol. The Bertz CT molecular complexity index is 518. The summed E-state index contributed by atoms with van der Waals surface area (Å²) in [4.78, 5) is 1.76. The fourth-order valence-electron chi connectivity index (χ4n) is 4.39. The molecule has 3 rings (SSSR count).